The van der Waals surface area contributed by atoms with Gasteiger partial charge in [0.1, 0.15) is 17.4 Å². The standard InChI is InChI=1S/C21H21ClN4O2/c1-28-20-8-3-2-7-19(20)26-11-9-25(10-12-26)15-16(14-23)21(27)24-18-6-4-5-17(22)13-18/h2-8,13,15H,9-12H2,1H3,(H,24,27)/b16-15-. The first kappa shape index (κ1) is 19.6. The fourth-order valence-corrected chi connectivity index (χ4v) is 3.26. The Bertz CT molecular complexity index is 915. The first-order valence-corrected chi connectivity index (χ1v) is 9.29. The molecule has 0 spiro atoms. The summed E-state index contributed by atoms with van der Waals surface area (Å²) in [6, 6.07) is 16.7. The molecule has 0 atom stereocenters. The molecule has 1 amide bonds. The normalized spacial score (nSPS) is 14.4. The van der Waals surface area contributed by atoms with Crippen molar-refractivity contribution in [1.82, 2.24) is 4.90 Å². The van der Waals surface area contributed by atoms with Crippen molar-refractivity contribution >= 4 is 28.9 Å². The van der Waals surface area contributed by atoms with Crippen LogP contribution in [0.1, 0.15) is 0 Å². The minimum Gasteiger partial charge on any atom is -0.495 e. The smallest absolute Gasteiger partial charge is 0.267 e. The number of para-hydroxylation sites is 2. The van der Waals surface area contributed by atoms with Crippen LogP contribution in [0.25, 0.3) is 0 Å². The number of hydrogen-bond acceptors (Lipinski definition) is 5. The fourth-order valence-electron chi connectivity index (χ4n) is 3.07. The summed E-state index contributed by atoms with van der Waals surface area (Å²) in [6.07, 6.45) is 1.62. The van der Waals surface area contributed by atoms with Gasteiger partial charge in [-0.2, -0.15) is 5.26 Å². The van der Waals surface area contributed by atoms with Gasteiger partial charge in [0, 0.05) is 43.1 Å². The third-order valence-corrected chi connectivity index (χ3v) is 4.73. The monoisotopic (exact) mass is 396 g/mol. The predicted molar refractivity (Wildman–Crippen MR) is 111 cm³/mol. The van der Waals surface area contributed by atoms with Crippen LogP contribution >= 0.6 is 11.6 Å². The number of ether oxygens (including phenoxy) is 1. The van der Waals surface area contributed by atoms with Crippen molar-refractivity contribution in [1.29, 1.82) is 5.26 Å². The summed E-state index contributed by atoms with van der Waals surface area (Å²) in [5.41, 5.74) is 1.66. The second-order valence-electron chi connectivity index (χ2n) is 6.31. The van der Waals surface area contributed by atoms with E-state index in [2.05, 4.69) is 10.2 Å². The van der Waals surface area contributed by atoms with Gasteiger partial charge in [0.25, 0.3) is 5.91 Å². The minimum absolute atomic E-state index is 0.0608. The van der Waals surface area contributed by atoms with Gasteiger partial charge in [0.05, 0.1) is 12.8 Å². The highest BCUT2D eigenvalue weighted by molar-refractivity contribution is 6.31. The van der Waals surface area contributed by atoms with Gasteiger partial charge >= 0.3 is 0 Å². The molecule has 1 aliphatic heterocycles. The summed E-state index contributed by atoms with van der Waals surface area (Å²) >= 11 is 5.93. The predicted octanol–water partition coefficient (Wildman–Crippen LogP) is 3.52. The van der Waals surface area contributed by atoms with Gasteiger partial charge in [-0.3, -0.25) is 4.79 Å². The number of methoxy groups -OCH3 is 1. The van der Waals surface area contributed by atoms with E-state index < -0.39 is 5.91 Å². The van der Waals surface area contributed by atoms with Gasteiger partial charge in [-0.15, -0.1) is 0 Å². The van der Waals surface area contributed by atoms with E-state index in [9.17, 15) is 10.1 Å². The number of nitrogens with zero attached hydrogens (tertiary/aromatic N) is 3. The number of anilines is 2. The van der Waals surface area contributed by atoms with Crippen molar-refractivity contribution in [3.05, 3.63) is 65.3 Å². The van der Waals surface area contributed by atoms with E-state index in [1.54, 1.807) is 37.6 Å². The molecule has 1 saturated heterocycles. The number of halogens is 1. The van der Waals surface area contributed by atoms with Gasteiger partial charge < -0.3 is 19.9 Å². The zero-order valence-electron chi connectivity index (χ0n) is 15.6. The molecule has 3 rings (SSSR count). The maximum atomic E-state index is 12.4. The Kier molecular flexibility index (Phi) is 6.41. The first-order chi connectivity index (χ1) is 13.6. The molecule has 144 valence electrons. The Morgan fingerprint density at radius 3 is 2.61 bits per heavy atom. The highest BCUT2D eigenvalue weighted by Gasteiger charge is 2.19. The number of hydrogen-bond donors (Lipinski definition) is 1. The quantitative estimate of drug-likeness (QED) is 0.618. The average molecular weight is 397 g/mol. The highest BCUT2D eigenvalue weighted by atomic mass is 35.5. The van der Waals surface area contributed by atoms with Crippen LogP contribution in [-0.4, -0.2) is 44.1 Å². The number of benzene rings is 2. The number of rotatable bonds is 5. The van der Waals surface area contributed by atoms with Gasteiger partial charge in [-0.1, -0.05) is 29.8 Å². The van der Waals surface area contributed by atoms with E-state index >= 15 is 0 Å². The van der Waals surface area contributed by atoms with Gasteiger partial charge in [-0.25, -0.2) is 0 Å². The van der Waals surface area contributed by atoms with E-state index in [-0.39, 0.29) is 5.57 Å². The molecule has 6 nitrogen and oxygen atoms in total. The van der Waals surface area contributed by atoms with Crippen LogP contribution in [0.5, 0.6) is 5.75 Å². The van der Waals surface area contributed by atoms with E-state index in [1.165, 1.54) is 0 Å². The molecule has 0 aromatic heterocycles. The topological polar surface area (TPSA) is 68.6 Å². The van der Waals surface area contributed by atoms with Gasteiger partial charge in [0.15, 0.2) is 0 Å². The number of carbonyl (C=O) groups is 1. The van der Waals surface area contributed by atoms with Crippen LogP contribution < -0.4 is 15.0 Å². The van der Waals surface area contributed by atoms with E-state index in [0.717, 1.165) is 24.5 Å². The zero-order valence-corrected chi connectivity index (χ0v) is 16.3. The summed E-state index contributed by atoms with van der Waals surface area (Å²) in [4.78, 5) is 16.6. The molecule has 0 radical (unpaired) electrons. The average Bonchev–Trinajstić information content (AvgIpc) is 2.72. The lowest BCUT2D eigenvalue weighted by Gasteiger charge is -2.36. The molecule has 28 heavy (non-hydrogen) atoms. The van der Waals surface area contributed by atoms with Crippen molar-refractivity contribution < 1.29 is 9.53 Å². The first-order valence-electron chi connectivity index (χ1n) is 8.91. The molecule has 2 aromatic carbocycles. The van der Waals surface area contributed by atoms with Crippen LogP contribution in [0.3, 0.4) is 0 Å². The van der Waals surface area contributed by atoms with Crippen LogP contribution in [0.2, 0.25) is 5.02 Å². The fraction of sp³-hybridized carbons (Fsp3) is 0.238. The molecule has 1 N–H and O–H groups in total. The molecule has 7 heteroatoms. The van der Waals surface area contributed by atoms with Crippen molar-refractivity contribution in [2.24, 2.45) is 0 Å². The third-order valence-electron chi connectivity index (χ3n) is 4.50. The lowest BCUT2D eigenvalue weighted by atomic mass is 10.2. The Balaban J connectivity index is 1.63. The molecule has 2 aromatic rings. The molecule has 0 saturated carbocycles. The molecule has 1 aliphatic rings. The Hall–Kier alpha value is -3.17. The summed E-state index contributed by atoms with van der Waals surface area (Å²) in [5, 5.41) is 12.6. The molecule has 0 unspecified atom stereocenters. The molecule has 0 bridgehead atoms. The lowest BCUT2D eigenvalue weighted by Crippen LogP contribution is -2.44. The second kappa shape index (κ2) is 9.16. The summed E-state index contributed by atoms with van der Waals surface area (Å²) < 4.78 is 5.43. The van der Waals surface area contributed by atoms with Crippen molar-refractivity contribution in [2.75, 3.05) is 43.5 Å². The number of amides is 1. The highest BCUT2D eigenvalue weighted by Crippen LogP contribution is 2.28. The number of nitriles is 1. The summed E-state index contributed by atoms with van der Waals surface area (Å²) in [6.45, 7) is 2.94. The largest absolute Gasteiger partial charge is 0.495 e. The molecule has 0 aliphatic carbocycles. The number of piperazine rings is 1. The number of nitrogens with one attached hydrogen (secondary N) is 1. The zero-order chi connectivity index (χ0) is 19.9. The molecular formula is C21H21ClN4O2. The summed E-state index contributed by atoms with van der Waals surface area (Å²) in [7, 11) is 1.66. The van der Waals surface area contributed by atoms with Crippen molar-refractivity contribution in [3.63, 3.8) is 0 Å². The van der Waals surface area contributed by atoms with Gasteiger partial charge in [-0.05, 0) is 30.3 Å². The lowest BCUT2D eigenvalue weighted by molar-refractivity contribution is -0.112. The molecule has 1 heterocycles. The van der Waals surface area contributed by atoms with Crippen LogP contribution in [-0.2, 0) is 4.79 Å². The Labute approximate surface area is 169 Å². The van der Waals surface area contributed by atoms with E-state index in [0.29, 0.717) is 23.8 Å². The van der Waals surface area contributed by atoms with Crippen LogP contribution in [0.4, 0.5) is 11.4 Å². The van der Waals surface area contributed by atoms with Crippen molar-refractivity contribution in [3.8, 4) is 11.8 Å². The SMILES string of the molecule is COc1ccccc1N1CCN(/C=C(/C#N)C(=O)Nc2cccc(Cl)c2)CC1. The van der Waals surface area contributed by atoms with E-state index in [4.69, 9.17) is 16.3 Å². The third kappa shape index (κ3) is 4.76. The van der Waals surface area contributed by atoms with Crippen molar-refractivity contribution in [2.45, 2.75) is 0 Å². The molecule has 1 fully saturated rings. The minimum atomic E-state index is -0.447. The van der Waals surface area contributed by atoms with Crippen LogP contribution in [0, 0.1) is 11.3 Å². The Morgan fingerprint density at radius 2 is 1.93 bits per heavy atom. The number of carbonyl (C=O) groups excluding carboxylic acids is 1. The maximum absolute atomic E-state index is 12.4. The van der Waals surface area contributed by atoms with E-state index in [1.807, 2.05) is 35.2 Å². The Morgan fingerprint density at radius 1 is 1.18 bits per heavy atom. The maximum Gasteiger partial charge on any atom is 0.267 e. The van der Waals surface area contributed by atoms with Crippen LogP contribution in [0.15, 0.2) is 60.3 Å². The summed E-state index contributed by atoms with van der Waals surface area (Å²) in [5.74, 6) is 0.391. The molecular weight excluding hydrogens is 376 g/mol. The van der Waals surface area contributed by atoms with Gasteiger partial charge in [0.2, 0.25) is 0 Å². The second-order valence-corrected chi connectivity index (χ2v) is 6.75.